The van der Waals surface area contributed by atoms with Crippen LogP contribution in [-0.2, 0) is 6.42 Å². The Morgan fingerprint density at radius 1 is 1.12 bits per heavy atom. The second-order valence-electron chi connectivity index (χ2n) is 8.49. The van der Waals surface area contributed by atoms with Crippen LogP contribution in [0.4, 0.5) is 4.79 Å². The van der Waals surface area contributed by atoms with E-state index < -0.39 is 6.04 Å². The van der Waals surface area contributed by atoms with Crippen molar-refractivity contribution >= 4 is 11.6 Å². The lowest BCUT2D eigenvalue weighted by Gasteiger charge is -2.35. The molecule has 7 nitrogen and oxygen atoms in total. The van der Waals surface area contributed by atoms with Gasteiger partial charge in [0.1, 0.15) is 5.75 Å². The third kappa shape index (κ3) is 4.83. The highest BCUT2D eigenvalue weighted by molar-refractivity contribution is 5.87. The highest BCUT2D eigenvalue weighted by atomic mass is 16.5. The Bertz CT molecular complexity index is 1170. The first kappa shape index (κ1) is 23.5. The molecule has 3 aromatic rings. The van der Waals surface area contributed by atoms with Crippen molar-refractivity contribution in [2.45, 2.75) is 52.5 Å². The van der Waals surface area contributed by atoms with Gasteiger partial charge in [0.15, 0.2) is 0 Å². The molecule has 1 aliphatic rings. The Hall–Kier alpha value is -3.61. The summed E-state index contributed by atoms with van der Waals surface area (Å²) in [6, 6.07) is 15.3. The zero-order valence-corrected chi connectivity index (χ0v) is 20.3. The van der Waals surface area contributed by atoms with Gasteiger partial charge in [-0.25, -0.2) is 4.79 Å². The van der Waals surface area contributed by atoms with Crippen LogP contribution in [0.3, 0.4) is 0 Å². The van der Waals surface area contributed by atoms with Crippen LogP contribution < -0.4 is 10.1 Å². The van der Waals surface area contributed by atoms with Crippen molar-refractivity contribution in [3.05, 3.63) is 71.2 Å². The van der Waals surface area contributed by atoms with Crippen LogP contribution in [0.1, 0.15) is 63.1 Å². The third-order valence-corrected chi connectivity index (χ3v) is 6.29. The Morgan fingerprint density at radius 3 is 2.62 bits per heavy atom. The standard InChI is InChI=1S/C27H32N4O3/c1-5-7-8-16-31-18(3)23(24(28-27(31)32)21-10-9-11-22(17-21)33-4)26-29-25(30-34-26)20-14-12-19(6-2)13-15-20/h9-15,17,24H,5-8,16H2,1-4H3,(H,28,32). The number of hydrogen-bond acceptors (Lipinski definition) is 5. The molecule has 0 radical (unpaired) electrons. The largest absolute Gasteiger partial charge is 0.497 e. The lowest BCUT2D eigenvalue weighted by molar-refractivity contribution is 0.204. The van der Waals surface area contributed by atoms with E-state index in [4.69, 9.17) is 14.2 Å². The molecule has 2 heterocycles. The molecule has 0 bridgehead atoms. The fraction of sp³-hybridized carbons (Fsp3) is 0.370. The number of nitrogens with zero attached hydrogens (tertiary/aromatic N) is 3. The second-order valence-corrected chi connectivity index (χ2v) is 8.49. The maximum atomic E-state index is 13.1. The molecule has 2 aromatic carbocycles. The van der Waals surface area contributed by atoms with E-state index in [1.54, 1.807) is 12.0 Å². The van der Waals surface area contributed by atoms with Gasteiger partial charge < -0.3 is 14.6 Å². The number of urea groups is 1. The Kier molecular flexibility index (Phi) is 7.30. The van der Waals surface area contributed by atoms with E-state index in [9.17, 15) is 4.79 Å². The van der Waals surface area contributed by atoms with E-state index in [2.05, 4.69) is 36.5 Å². The first-order valence-corrected chi connectivity index (χ1v) is 11.9. The van der Waals surface area contributed by atoms with Gasteiger partial charge in [-0.1, -0.05) is 68.2 Å². The van der Waals surface area contributed by atoms with E-state index in [0.29, 0.717) is 18.3 Å². The monoisotopic (exact) mass is 460 g/mol. The molecule has 7 heteroatoms. The molecule has 0 spiro atoms. The maximum Gasteiger partial charge on any atom is 0.322 e. The highest BCUT2D eigenvalue weighted by Gasteiger charge is 2.35. The second kappa shape index (κ2) is 10.5. The van der Waals surface area contributed by atoms with Crippen molar-refractivity contribution in [2.75, 3.05) is 13.7 Å². The van der Waals surface area contributed by atoms with Crippen LogP contribution in [0.25, 0.3) is 17.0 Å². The summed E-state index contributed by atoms with van der Waals surface area (Å²) in [5, 5.41) is 7.41. The Balaban J connectivity index is 1.76. The van der Waals surface area contributed by atoms with Gasteiger partial charge in [0.2, 0.25) is 5.82 Å². The van der Waals surface area contributed by atoms with E-state index in [1.807, 2.05) is 43.3 Å². The predicted octanol–water partition coefficient (Wildman–Crippen LogP) is 6.00. The zero-order valence-electron chi connectivity index (χ0n) is 20.3. The maximum absolute atomic E-state index is 13.1. The molecule has 0 saturated carbocycles. The van der Waals surface area contributed by atoms with E-state index in [0.717, 1.165) is 53.8 Å². The summed E-state index contributed by atoms with van der Waals surface area (Å²) in [5.74, 6) is 1.65. The number of aromatic nitrogens is 2. The Labute approximate surface area is 200 Å². The van der Waals surface area contributed by atoms with Gasteiger partial charge in [-0.15, -0.1) is 0 Å². The molecule has 1 N–H and O–H groups in total. The first-order valence-electron chi connectivity index (χ1n) is 11.9. The number of allylic oxidation sites excluding steroid dienone is 1. The summed E-state index contributed by atoms with van der Waals surface area (Å²) < 4.78 is 11.2. The predicted molar refractivity (Wildman–Crippen MR) is 132 cm³/mol. The van der Waals surface area contributed by atoms with Crippen molar-refractivity contribution in [1.29, 1.82) is 0 Å². The molecule has 34 heavy (non-hydrogen) atoms. The van der Waals surface area contributed by atoms with E-state index in [1.165, 1.54) is 5.56 Å². The number of nitrogens with one attached hydrogen (secondary N) is 1. The van der Waals surface area contributed by atoms with Gasteiger partial charge in [0.05, 0.1) is 18.7 Å². The SMILES string of the molecule is CCCCCN1C(=O)NC(c2cccc(OC)c2)C(c2nc(-c3ccc(CC)cc3)no2)=C1C. The van der Waals surface area contributed by atoms with Gasteiger partial charge in [-0.3, -0.25) is 4.90 Å². The lowest BCUT2D eigenvalue weighted by atomic mass is 9.94. The summed E-state index contributed by atoms with van der Waals surface area (Å²) in [6.45, 7) is 6.86. The highest BCUT2D eigenvalue weighted by Crippen LogP contribution is 2.38. The number of aryl methyl sites for hydroxylation is 1. The number of ether oxygens (including phenoxy) is 1. The molecule has 0 aliphatic carbocycles. The van der Waals surface area contributed by atoms with Gasteiger partial charge in [-0.05, 0) is 43.0 Å². The minimum atomic E-state index is -0.430. The molecule has 1 atom stereocenters. The van der Waals surface area contributed by atoms with Gasteiger partial charge in [-0.2, -0.15) is 4.98 Å². The fourth-order valence-corrected chi connectivity index (χ4v) is 4.26. The summed E-state index contributed by atoms with van der Waals surface area (Å²) >= 11 is 0. The molecule has 0 saturated heterocycles. The molecular weight excluding hydrogens is 428 g/mol. The third-order valence-electron chi connectivity index (χ3n) is 6.29. The summed E-state index contributed by atoms with van der Waals surface area (Å²) in [4.78, 5) is 19.6. The molecule has 2 amide bonds. The average Bonchev–Trinajstić information content (AvgIpc) is 3.35. The van der Waals surface area contributed by atoms with Gasteiger partial charge >= 0.3 is 6.03 Å². The number of unbranched alkanes of at least 4 members (excludes halogenated alkanes) is 2. The number of benzene rings is 2. The minimum absolute atomic E-state index is 0.125. The van der Waals surface area contributed by atoms with Crippen molar-refractivity contribution in [3.63, 3.8) is 0 Å². The number of methoxy groups -OCH3 is 1. The number of amides is 2. The Morgan fingerprint density at radius 2 is 1.91 bits per heavy atom. The number of rotatable bonds is 9. The topological polar surface area (TPSA) is 80.5 Å². The first-order chi connectivity index (χ1) is 16.5. The molecular formula is C27H32N4O3. The van der Waals surface area contributed by atoms with E-state index >= 15 is 0 Å². The summed E-state index contributed by atoms with van der Waals surface area (Å²) in [6.07, 6.45) is 4.04. The molecule has 178 valence electrons. The fourth-order valence-electron chi connectivity index (χ4n) is 4.26. The zero-order chi connectivity index (χ0) is 24.1. The van der Waals surface area contributed by atoms with Crippen LogP contribution in [0.15, 0.2) is 58.8 Å². The van der Waals surface area contributed by atoms with Crippen LogP contribution in [0, 0.1) is 0 Å². The van der Waals surface area contributed by atoms with Crippen LogP contribution >= 0.6 is 0 Å². The normalized spacial score (nSPS) is 16.1. The van der Waals surface area contributed by atoms with Crippen molar-refractivity contribution in [1.82, 2.24) is 20.4 Å². The number of hydrogen-bond donors (Lipinski definition) is 1. The van der Waals surface area contributed by atoms with Crippen LogP contribution in [-0.4, -0.2) is 34.7 Å². The molecule has 1 unspecified atom stereocenters. The average molecular weight is 461 g/mol. The number of carbonyl (C=O) groups is 1. The van der Waals surface area contributed by atoms with E-state index in [-0.39, 0.29) is 6.03 Å². The van der Waals surface area contributed by atoms with Gasteiger partial charge in [0, 0.05) is 17.8 Å². The molecule has 1 aliphatic heterocycles. The summed E-state index contributed by atoms with van der Waals surface area (Å²) in [7, 11) is 1.63. The lowest BCUT2D eigenvalue weighted by Crippen LogP contribution is -2.46. The minimum Gasteiger partial charge on any atom is -0.497 e. The molecule has 0 fully saturated rings. The smallest absolute Gasteiger partial charge is 0.322 e. The van der Waals surface area contributed by atoms with Crippen LogP contribution in [0.2, 0.25) is 0 Å². The molecule has 4 rings (SSSR count). The number of carbonyl (C=O) groups excluding carboxylic acids is 1. The quantitative estimate of drug-likeness (QED) is 0.396. The van der Waals surface area contributed by atoms with Crippen molar-refractivity contribution in [3.8, 4) is 17.1 Å². The van der Waals surface area contributed by atoms with Crippen molar-refractivity contribution in [2.24, 2.45) is 0 Å². The van der Waals surface area contributed by atoms with Crippen molar-refractivity contribution < 1.29 is 14.1 Å². The molecule has 1 aromatic heterocycles. The van der Waals surface area contributed by atoms with Gasteiger partial charge in [0.25, 0.3) is 5.89 Å². The summed E-state index contributed by atoms with van der Waals surface area (Å²) in [5.41, 5.74) is 4.66. The van der Waals surface area contributed by atoms with Crippen LogP contribution in [0.5, 0.6) is 5.75 Å².